The van der Waals surface area contributed by atoms with E-state index in [-0.39, 0.29) is 0 Å². The van der Waals surface area contributed by atoms with Crippen LogP contribution in [0.2, 0.25) is 0 Å². The number of rotatable bonds is 7. The summed E-state index contributed by atoms with van der Waals surface area (Å²) in [4.78, 5) is 4.11. The average molecular weight is 288 g/mol. The number of hydrogen-bond acceptors (Lipinski definition) is 9. The van der Waals surface area contributed by atoms with Gasteiger partial charge in [-0.1, -0.05) is 11.8 Å². The Hall–Kier alpha value is -0.930. The molecule has 2 rings (SSSR count). The van der Waals surface area contributed by atoms with Crippen LogP contribution in [0, 0.1) is 0 Å². The normalized spacial score (nSPS) is 10.4. The third-order valence-corrected chi connectivity index (χ3v) is 3.98. The van der Waals surface area contributed by atoms with E-state index in [9.17, 15) is 0 Å². The number of thioether (sulfide) groups is 1. The molecule has 0 saturated carbocycles. The van der Waals surface area contributed by atoms with E-state index in [1.165, 1.54) is 23.3 Å². The molecule has 92 valence electrons. The number of nitrogens with one attached hydrogen (secondary N) is 2. The minimum atomic E-state index is 0.809. The molecular weight excluding hydrogens is 276 g/mol. The molecule has 9 heteroatoms. The van der Waals surface area contributed by atoms with Crippen molar-refractivity contribution in [2.24, 2.45) is 0 Å². The van der Waals surface area contributed by atoms with Gasteiger partial charge in [0.2, 0.25) is 0 Å². The van der Waals surface area contributed by atoms with Crippen LogP contribution in [0.15, 0.2) is 10.7 Å². The Balaban J connectivity index is 1.63. The second-order valence-corrected chi connectivity index (χ2v) is 5.25. The molecule has 2 aromatic heterocycles. The van der Waals surface area contributed by atoms with E-state index in [4.69, 9.17) is 0 Å². The second kappa shape index (κ2) is 6.72. The number of aromatic nitrogens is 4. The van der Waals surface area contributed by atoms with Gasteiger partial charge >= 0.3 is 0 Å². The van der Waals surface area contributed by atoms with E-state index >= 15 is 0 Å². The largest absolute Gasteiger partial charge is 0.369 e. The molecule has 0 bridgehead atoms. The van der Waals surface area contributed by atoms with Crippen molar-refractivity contribution in [3.8, 4) is 0 Å². The zero-order chi connectivity index (χ0) is 11.9. The molecule has 0 unspecified atom stereocenters. The average Bonchev–Trinajstić information content (AvgIpc) is 2.98. The highest BCUT2D eigenvalue weighted by Gasteiger charge is 2.04. The SMILES string of the molecule is CNc1nsnc1NCCCSc1ncsn1. The molecule has 2 aromatic rings. The molecule has 0 spiro atoms. The van der Waals surface area contributed by atoms with Gasteiger partial charge < -0.3 is 10.6 Å². The van der Waals surface area contributed by atoms with E-state index in [0.29, 0.717) is 0 Å². The summed E-state index contributed by atoms with van der Waals surface area (Å²) < 4.78 is 12.4. The predicted octanol–water partition coefficient (Wildman–Crippen LogP) is 2.03. The van der Waals surface area contributed by atoms with Crippen LogP contribution in [0.5, 0.6) is 0 Å². The third kappa shape index (κ3) is 3.79. The van der Waals surface area contributed by atoms with Crippen LogP contribution in [0.25, 0.3) is 0 Å². The zero-order valence-corrected chi connectivity index (χ0v) is 11.7. The predicted molar refractivity (Wildman–Crippen MR) is 73.2 cm³/mol. The molecular formula is C8H12N6S3. The maximum absolute atomic E-state index is 4.16. The molecule has 0 saturated heterocycles. The lowest BCUT2D eigenvalue weighted by Crippen LogP contribution is -2.05. The highest BCUT2D eigenvalue weighted by molar-refractivity contribution is 7.99. The minimum Gasteiger partial charge on any atom is -0.369 e. The Morgan fingerprint density at radius 3 is 2.94 bits per heavy atom. The number of anilines is 2. The van der Waals surface area contributed by atoms with Crippen molar-refractivity contribution in [2.75, 3.05) is 30.0 Å². The van der Waals surface area contributed by atoms with Gasteiger partial charge in [0, 0.05) is 19.3 Å². The maximum atomic E-state index is 4.16. The van der Waals surface area contributed by atoms with E-state index in [2.05, 4.69) is 28.7 Å². The Kier molecular flexibility index (Phi) is 4.95. The smallest absolute Gasteiger partial charge is 0.200 e. The van der Waals surface area contributed by atoms with Crippen LogP contribution in [-0.2, 0) is 0 Å². The lowest BCUT2D eigenvalue weighted by molar-refractivity contribution is 0.977. The van der Waals surface area contributed by atoms with Crippen molar-refractivity contribution in [2.45, 2.75) is 11.6 Å². The van der Waals surface area contributed by atoms with Gasteiger partial charge in [0.25, 0.3) is 0 Å². The second-order valence-electron chi connectivity index (χ2n) is 3.05. The van der Waals surface area contributed by atoms with Crippen LogP contribution in [0.1, 0.15) is 6.42 Å². The molecule has 0 radical (unpaired) electrons. The van der Waals surface area contributed by atoms with Gasteiger partial charge in [-0.15, -0.1) is 0 Å². The molecule has 0 aromatic carbocycles. The van der Waals surface area contributed by atoms with Crippen molar-refractivity contribution in [3.05, 3.63) is 5.51 Å². The van der Waals surface area contributed by atoms with Gasteiger partial charge in [0.1, 0.15) is 5.51 Å². The van der Waals surface area contributed by atoms with Gasteiger partial charge in [-0.05, 0) is 18.0 Å². The Morgan fingerprint density at radius 1 is 1.29 bits per heavy atom. The van der Waals surface area contributed by atoms with Crippen LogP contribution in [0.3, 0.4) is 0 Å². The van der Waals surface area contributed by atoms with E-state index in [0.717, 1.165) is 35.5 Å². The van der Waals surface area contributed by atoms with Gasteiger partial charge in [0.15, 0.2) is 16.8 Å². The van der Waals surface area contributed by atoms with Gasteiger partial charge in [-0.25, -0.2) is 4.98 Å². The molecule has 2 N–H and O–H groups in total. The van der Waals surface area contributed by atoms with E-state index in [1.807, 2.05) is 7.05 Å². The summed E-state index contributed by atoms with van der Waals surface area (Å²) in [5.41, 5.74) is 1.75. The first-order valence-electron chi connectivity index (χ1n) is 5.03. The Morgan fingerprint density at radius 2 is 2.18 bits per heavy atom. The van der Waals surface area contributed by atoms with Crippen LogP contribution >= 0.6 is 35.0 Å². The highest BCUT2D eigenvalue weighted by Crippen LogP contribution is 2.18. The molecule has 0 atom stereocenters. The molecule has 0 aliphatic carbocycles. The first kappa shape index (κ1) is 12.5. The van der Waals surface area contributed by atoms with Gasteiger partial charge in [-0.2, -0.15) is 13.1 Å². The summed E-state index contributed by atoms with van der Waals surface area (Å²) in [5.74, 6) is 2.63. The van der Waals surface area contributed by atoms with Crippen molar-refractivity contribution >= 4 is 46.7 Å². The highest BCUT2D eigenvalue weighted by atomic mass is 32.2. The topological polar surface area (TPSA) is 75.6 Å². The molecule has 0 fully saturated rings. The summed E-state index contributed by atoms with van der Waals surface area (Å²) in [6, 6.07) is 0. The Bertz CT molecular complexity index is 428. The minimum absolute atomic E-state index is 0.809. The van der Waals surface area contributed by atoms with Crippen molar-refractivity contribution in [1.29, 1.82) is 0 Å². The van der Waals surface area contributed by atoms with Crippen molar-refractivity contribution in [3.63, 3.8) is 0 Å². The summed E-state index contributed by atoms with van der Waals surface area (Å²) in [6.45, 7) is 0.872. The summed E-state index contributed by atoms with van der Waals surface area (Å²) in [7, 11) is 1.84. The standard InChI is InChI=1S/C8H12N6S3/c1-9-6-7(13-17-12-6)10-3-2-4-15-8-11-5-16-14-8/h5H,2-4H2,1H3,(H,9,12)(H,10,13). The number of hydrogen-bond donors (Lipinski definition) is 2. The van der Waals surface area contributed by atoms with Crippen molar-refractivity contribution < 1.29 is 0 Å². The molecule has 2 heterocycles. The zero-order valence-electron chi connectivity index (χ0n) is 9.21. The van der Waals surface area contributed by atoms with Crippen LogP contribution < -0.4 is 10.6 Å². The maximum Gasteiger partial charge on any atom is 0.200 e. The summed E-state index contributed by atoms with van der Waals surface area (Å²) in [6.07, 6.45) is 1.03. The first-order valence-corrected chi connectivity index (χ1v) is 7.58. The quantitative estimate of drug-likeness (QED) is 0.596. The fourth-order valence-corrected chi connectivity index (χ4v) is 3.00. The molecule has 17 heavy (non-hydrogen) atoms. The lowest BCUT2D eigenvalue weighted by Gasteiger charge is -2.03. The number of nitrogens with zero attached hydrogens (tertiary/aromatic N) is 4. The van der Waals surface area contributed by atoms with Gasteiger partial charge in [0.05, 0.1) is 11.7 Å². The molecule has 0 aliphatic heterocycles. The monoisotopic (exact) mass is 288 g/mol. The molecule has 0 aliphatic rings. The third-order valence-electron chi connectivity index (χ3n) is 1.91. The van der Waals surface area contributed by atoms with E-state index in [1.54, 1.807) is 17.3 Å². The van der Waals surface area contributed by atoms with Gasteiger partial charge in [-0.3, -0.25) is 0 Å². The Labute approximate surface area is 112 Å². The van der Waals surface area contributed by atoms with Crippen LogP contribution in [-0.4, -0.2) is 37.4 Å². The van der Waals surface area contributed by atoms with Crippen molar-refractivity contribution in [1.82, 2.24) is 18.1 Å². The molecule has 0 amide bonds. The van der Waals surface area contributed by atoms with E-state index < -0.39 is 0 Å². The first-order chi connectivity index (χ1) is 8.40. The summed E-state index contributed by atoms with van der Waals surface area (Å²) >= 11 is 4.26. The van der Waals surface area contributed by atoms with Crippen LogP contribution in [0.4, 0.5) is 11.6 Å². The fraction of sp³-hybridized carbons (Fsp3) is 0.500. The lowest BCUT2D eigenvalue weighted by atomic mass is 10.4. The summed E-state index contributed by atoms with van der Waals surface area (Å²) in [5, 5.41) is 7.10. The fourth-order valence-electron chi connectivity index (χ4n) is 1.14. The molecule has 6 nitrogen and oxygen atoms in total.